The van der Waals surface area contributed by atoms with Crippen molar-refractivity contribution in [2.75, 3.05) is 7.11 Å². The van der Waals surface area contributed by atoms with Crippen LogP contribution in [0.5, 0.6) is 0 Å². The minimum atomic E-state index is -0.364. The first-order valence-corrected chi connectivity index (χ1v) is 5.90. The van der Waals surface area contributed by atoms with E-state index in [-0.39, 0.29) is 6.03 Å². The van der Waals surface area contributed by atoms with E-state index < -0.39 is 0 Å². The predicted molar refractivity (Wildman–Crippen MR) is 70.2 cm³/mol. The zero-order valence-corrected chi connectivity index (χ0v) is 10.7. The van der Waals surface area contributed by atoms with Gasteiger partial charge in [-0.15, -0.1) is 0 Å². The van der Waals surface area contributed by atoms with Gasteiger partial charge in [-0.3, -0.25) is 9.52 Å². The van der Waals surface area contributed by atoms with Crippen LogP contribution < -0.4 is 10.8 Å². The van der Waals surface area contributed by atoms with Crippen LogP contribution in [0.3, 0.4) is 0 Å². The fraction of sp³-hybridized carbons (Fsp3) is 0.231. The van der Waals surface area contributed by atoms with E-state index in [9.17, 15) is 4.79 Å². The molecule has 0 saturated carbocycles. The molecular weight excluding hydrogens is 244 g/mol. The molecule has 1 aromatic carbocycles. The maximum atomic E-state index is 11.3. The van der Waals surface area contributed by atoms with Crippen LogP contribution in [0.25, 0.3) is 0 Å². The highest BCUT2D eigenvalue weighted by Crippen LogP contribution is 2.10. The summed E-state index contributed by atoms with van der Waals surface area (Å²) in [4.78, 5) is 15.8. The van der Waals surface area contributed by atoms with Gasteiger partial charge in [0.05, 0.1) is 13.7 Å². The Morgan fingerprint density at radius 3 is 2.79 bits per heavy atom. The summed E-state index contributed by atoms with van der Waals surface area (Å²) >= 11 is 0. The number of nitrogens with zero attached hydrogens (tertiary/aromatic N) is 2. The summed E-state index contributed by atoms with van der Waals surface area (Å²) < 4.78 is 1.84. The van der Waals surface area contributed by atoms with Gasteiger partial charge in [0.1, 0.15) is 0 Å². The average Bonchev–Trinajstić information content (AvgIpc) is 2.91. The number of urea groups is 1. The molecule has 6 nitrogen and oxygen atoms in total. The molecule has 19 heavy (non-hydrogen) atoms. The molecule has 0 aliphatic carbocycles. The molecule has 0 atom stereocenters. The molecule has 2 amide bonds. The van der Waals surface area contributed by atoms with Crippen molar-refractivity contribution < 1.29 is 9.63 Å². The average molecular weight is 260 g/mol. The molecule has 1 aromatic heterocycles. The van der Waals surface area contributed by atoms with Crippen LogP contribution in [-0.2, 0) is 17.9 Å². The molecule has 0 radical (unpaired) electrons. The lowest BCUT2D eigenvalue weighted by Gasteiger charge is -2.11. The smallest absolute Gasteiger partial charge is 0.332 e. The Kier molecular flexibility index (Phi) is 4.52. The highest BCUT2D eigenvalue weighted by Gasteiger charge is 2.05. The Hall–Kier alpha value is -2.34. The molecule has 2 rings (SSSR count). The van der Waals surface area contributed by atoms with E-state index in [2.05, 4.69) is 20.7 Å². The van der Waals surface area contributed by atoms with Crippen LogP contribution in [0.2, 0.25) is 0 Å². The molecule has 0 bridgehead atoms. The summed E-state index contributed by atoms with van der Waals surface area (Å²) in [6.07, 6.45) is 3.65. The van der Waals surface area contributed by atoms with E-state index in [0.717, 1.165) is 11.1 Å². The van der Waals surface area contributed by atoms with Crippen molar-refractivity contribution >= 4 is 6.03 Å². The first kappa shape index (κ1) is 13.1. The number of hydrogen-bond acceptors (Lipinski definition) is 3. The lowest BCUT2D eigenvalue weighted by atomic mass is 10.1. The van der Waals surface area contributed by atoms with Gasteiger partial charge in [0.15, 0.2) is 0 Å². The van der Waals surface area contributed by atoms with Gasteiger partial charge < -0.3 is 5.32 Å². The monoisotopic (exact) mass is 260 g/mol. The highest BCUT2D eigenvalue weighted by atomic mass is 16.6. The molecular formula is C13H16N4O2. The molecule has 0 saturated heterocycles. The third kappa shape index (κ3) is 3.82. The fourth-order valence-corrected chi connectivity index (χ4v) is 1.76. The molecule has 0 aliphatic rings. The van der Waals surface area contributed by atoms with E-state index in [4.69, 9.17) is 0 Å². The van der Waals surface area contributed by atoms with Crippen molar-refractivity contribution in [1.29, 1.82) is 0 Å². The number of hydrogen-bond donors (Lipinski definition) is 2. The number of amides is 2. The molecule has 6 heteroatoms. The Bertz CT molecular complexity index is 525. The Morgan fingerprint density at radius 1 is 1.32 bits per heavy atom. The van der Waals surface area contributed by atoms with Crippen LogP contribution in [0.4, 0.5) is 4.79 Å². The van der Waals surface area contributed by atoms with Crippen LogP contribution in [0.15, 0.2) is 42.7 Å². The van der Waals surface area contributed by atoms with Crippen molar-refractivity contribution in [2.24, 2.45) is 0 Å². The second kappa shape index (κ2) is 6.55. The van der Waals surface area contributed by atoms with Crippen molar-refractivity contribution in [3.8, 4) is 0 Å². The van der Waals surface area contributed by atoms with Crippen molar-refractivity contribution in [3.05, 3.63) is 53.9 Å². The molecule has 0 unspecified atom stereocenters. The van der Waals surface area contributed by atoms with Gasteiger partial charge in [-0.25, -0.2) is 10.3 Å². The number of carbonyl (C=O) groups excluding carboxylic acids is 1. The first-order valence-electron chi connectivity index (χ1n) is 5.90. The maximum Gasteiger partial charge on any atom is 0.338 e. The van der Waals surface area contributed by atoms with Crippen LogP contribution >= 0.6 is 0 Å². The fourth-order valence-electron chi connectivity index (χ4n) is 1.76. The van der Waals surface area contributed by atoms with Crippen LogP contribution in [0.1, 0.15) is 11.1 Å². The number of benzene rings is 1. The van der Waals surface area contributed by atoms with Crippen molar-refractivity contribution in [1.82, 2.24) is 20.6 Å². The second-order valence-electron chi connectivity index (χ2n) is 3.96. The highest BCUT2D eigenvalue weighted by molar-refractivity contribution is 5.72. The zero-order chi connectivity index (χ0) is 13.5. The Balaban J connectivity index is 2.02. The van der Waals surface area contributed by atoms with Gasteiger partial charge in [-0.2, -0.15) is 5.10 Å². The summed E-state index contributed by atoms with van der Waals surface area (Å²) in [5.41, 5.74) is 4.37. The minimum Gasteiger partial charge on any atom is -0.332 e. The number of nitrogens with one attached hydrogen (secondary N) is 2. The molecule has 0 fully saturated rings. The summed E-state index contributed by atoms with van der Waals surface area (Å²) in [5, 5.41) is 6.89. The van der Waals surface area contributed by atoms with E-state index in [1.807, 2.05) is 41.2 Å². The molecule has 2 aromatic rings. The Labute approximate surface area is 111 Å². The van der Waals surface area contributed by atoms with E-state index in [1.165, 1.54) is 7.11 Å². The summed E-state index contributed by atoms with van der Waals surface area (Å²) in [6.45, 7) is 1.11. The largest absolute Gasteiger partial charge is 0.338 e. The summed E-state index contributed by atoms with van der Waals surface area (Å²) in [5.74, 6) is 0. The second-order valence-corrected chi connectivity index (χ2v) is 3.96. The molecule has 0 spiro atoms. The van der Waals surface area contributed by atoms with Gasteiger partial charge in [-0.1, -0.05) is 24.3 Å². The molecule has 100 valence electrons. The normalized spacial score (nSPS) is 10.2. The summed E-state index contributed by atoms with van der Waals surface area (Å²) in [7, 11) is 1.39. The summed E-state index contributed by atoms with van der Waals surface area (Å²) in [6, 6.07) is 9.43. The van der Waals surface area contributed by atoms with Crippen LogP contribution in [0, 0.1) is 0 Å². The molecule has 2 N–H and O–H groups in total. The van der Waals surface area contributed by atoms with E-state index >= 15 is 0 Å². The zero-order valence-electron chi connectivity index (χ0n) is 10.7. The van der Waals surface area contributed by atoms with Crippen LogP contribution in [-0.4, -0.2) is 22.9 Å². The number of aromatic nitrogens is 2. The number of hydroxylamine groups is 1. The number of carbonyl (C=O) groups is 1. The van der Waals surface area contributed by atoms with Crippen molar-refractivity contribution in [2.45, 2.75) is 13.1 Å². The first-order chi connectivity index (χ1) is 9.29. The lowest BCUT2D eigenvalue weighted by Crippen LogP contribution is -2.34. The number of rotatable bonds is 5. The minimum absolute atomic E-state index is 0.364. The molecule has 1 heterocycles. The third-order valence-corrected chi connectivity index (χ3v) is 2.64. The maximum absolute atomic E-state index is 11.3. The van der Waals surface area contributed by atoms with Gasteiger partial charge in [0.25, 0.3) is 0 Å². The predicted octanol–water partition coefficient (Wildman–Crippen LogP) is 1.29. The van der Waals surface area contributed by atoms with Gasteiger partial charge in [0, 0.05) is 18.9 Å². The van der Waals surface area contributed by atoms with Gasteiger partial charge in [-0.05, 0) is 17.2 Å². The quantitative estimate of drug-likeness (QED) is 0.796. The van der Waals surface area contributed by atoms with Crippen molar-refractivity contribution in [3.63, 3.8) is 0 Å². The topological polar surface area (TPSA) is 68.2 Å². The Morgan fingerprint density at radius 2 is 2.11 bits per heavy atom. The van der Waals surface area contributed by atoms with Gasteiger partial charge >= 0.3 is 6.03 Å². The van der Waals surface area contributed by atoms with E-state index in [0.29, 0.717) is 13.1 Å². The lowest BCUT2D eigenvalue weighted by molar-refractivity contribution is 0.107. The SMILES string of the molecule is CONC(=O)NCc1ccccc1Cn1cccn1. The third-order valence-electron chi connectivity index (χ3n) is 2.64. The standard InChI is InChI=1S/C13H16N4O2/c1-19-16-13(18)14-9-11-5-2-3-6-12(11)10-17-8-4-7-15-17/h2-8H,9-10H2,1H3,(H2,14,16,18). The van der Waals surface area contributed by atoms with Gasteiger partial charge in [0.2, 0.25) is 0 Å². The molecule has 0 aliphatic heterocycles. The van der Waals surface area contributed by atoms with E-state index in [1.54, 1.807) is 6.20 Å².